The lowest BCUT2D eigenvalue weighted by atomic mass is 10.0. The first-order valence-corrected chi connectivity index (χ1v) is 12.4. The van der Waals surface area contributed by atoms with Crippen LogP contribution < -0.4 is 5.73 Å². The second kappa shape index (κ2) is 9.42. The quantitative estimate of drug-likeness (QED) is 0.302. The number of aromatic amines is 1. The molecular formula is C23H21N5O3S2. The first kappa shape index (κ1) is 21.7. The van der Waals surface area contributed by atoms with E-state index in [2.05, 4.69) is 15.4 Å². The van der Waals surface area contributed by atoms with Crippen LogP contribution in [0.3, 0.4) is 0 Å². The van der Waals surface area contributed by atoms with Gasteiger partial charge in [-0.2, -0.15) is 10.3 Å². The minimum absolute atomic E-state index is 0.257. The van der Waals surface area contributed by atoms with Gasteiger partial charge in [-0.1, -0.05) is 72.4 Å². The summed E-state index contributed by atoms with van der Waals surface area (Å²) in [5.41, 5.74) is 8.81. The highest BCUT2D eigenvalue weighted by Gasteiger charge is 2.52. The fourth-order valence-electron chi connectivity index (χ4n) is 3.85. The average Bonchev–Trinajstić information content (AvgIpc) is 3.39. The molecule has 0 aliphatic carbocycles. The van der Waals surface area contributed by atoms with Crippen LogP contribution in [0, 0.1) is 0 Å². The molecule has 1 aromatic heterocycles. The predicted octanol–water partition coefficient (Wildman–Crippen LogP) is 2.73. The van der Waals surface area contributed by atoms with Crippen LogP contribution in [-0.4, -0.2) is 55.1 Å². The first-order valence-electron chi connectivity index (χ1n) is 10.3. The van der Waals surface area contributed by atoms with Gasteiger partial charge >= 0.3 is 5.97 Å². The molecule has 8 nitrogen and oxygen atoms in total. The molecule has 0 saturated carbocycles. The number of rotatable bonds is 7. The maximum absolute atomic E-state index is 13.6. The summed E-state index contributed by atoms with van der Waals surface area (Å²) in [4.78, 5) is 27.7. The van der Waals surface area contributed by atoms with Crippen LogP contribution in [-0.2, 0) is 14.3 Å². The van der Waals surface area contributed by atoms with Crippen molar-refractivity contribution in [1.29, 1.82) is 0 Å². The average molecular weight is 480 g/mol. The fraction of sp³-hybridized carbons (Fsp3) is 0.217. The zero-order valence-electron chi connectivity index (χ0n) is 17.5. The largest absolute Gasteiger partial charge is 0.448 e. The molecule has 1 saturated heterocycles. The highest BCUT2D eigenvalue weighted by atomic mass is 32.2. The SMILES string of the molecule is NC1C(=O)N2C(C(=O)OC(c3ccccc3)c3ccccc3)=C(CSc3cn[nH]n3)CS[C@@H]12. The number of benzene rings is 2. The summed E-state index contributed by atoms with van der Waals surface area (Å²) in [5.74, 6) is 0.267. The molecule has 0 bridgehead atoms. The minimum Gasteiger partial charge on any atom is -0.448 e. The highest BCUT2D eigenvalue weighted by Crippen LogP contribution is 2.41. The third kappa shape index (κ3) is 4.29. The zero-order valence-corrected chi connectivity index (χ0v) is 19.1. The number of carbonyl (C=O) groups excluding carboxylic acids is 2. The standard InChI is InChI=1S/C23H21N5O3S2/c24-18-21(29)28-19(16(13-33-22(18)28)12-32-17-11-25-27-26-17)23(30)31-20(14-7-3-1-4-8-14)15-9-5-2-6-10-15/h1-11,18,20,22H,12-13,24H2,(H,25,26,27)/t18?,22-/m0/s1. The van der Waals surface area contributed by atoms with Gasteiger partial charge in [0.05, 0.1) is 6.20 Å². The van der Waals surface area contributed by atoms with E-state index in [9.17, 15) is 9.59 Å². The smallest absolute Gasteiger partial charge is 0.356 e. The molecule has 10 heteroatoms. The van der Waals surface area contributed by atoms with Gasteiger partial charge in [0.1, 0.15) is 22.1 Å². The summed E-state index contributed by atoms with van der Waals surface area (Å²) in [7, 11) is 0. The van der Waals surface area contributed by atoms with E-state index in [0.29, 0.717) is 22.2 Å². The molecule has 1 unspecified atom stereocenters. The van der Waals surface area contributed by atoms with Gasteiger partial charge < -0.3 is 10.5 Å². The number of nitrogens with two attached hydrogens (primary N) is 1. The van der Waals surface area contributed by atoms with Crippen molar-refractivity contribution in [2.75, 3.05) is 11.5 Å². The van der Waals surface area contributed by atoms with E-state index >= 15 is 0 Å². The molecule has 33 heavy (non-hydrogen) atoms. The molecule has 0 radical (unpaired) electrons. The molecule has 3 N–H and O–H groups in total. The summed E-state index contributed by atoms with van der Waals surface area (Å²) in [6.07, 6.45) is 1.02. The number of nitrogens with one attached hydrogen (secondary N) is 1. The summed E-state index contributed by atoms with van der Waals surface area (Å²) in [6, 6.07) is 18.5. The number of thioether (sulfide) groups is 2. The Bertz CT molecular complexity index is 1130. The number of hydrogen-bond donors (Lipinski definition) is 2. The van der Waals surface area contributed by atoms with Crippen LogP contribution in [0.5, 0.6) is 0 Å². The topological polar surface area (TPSA) is 114 Å². The molecule has 3 heterocycles. The Labute approximate surface area is 198 Å². The maximum atomic E-state index is 13.6. The number of nitrogens with zero attached hydrogens (tertiary/aromatic N) is 3. The number of ether oxygens (including phenoxy) is 1. The first-order chi connectivity index (χ1) is 16.1. The minimum atomic E-state index is -0.610. The van der Waals surface area contributed by atoms with Gasteiger partial charge in [0.2, 0.25) is 5.91 Å². The molecule has 168 valence electrons. The van der Waals surface area contributed by atoms with Crippen molar-refractivity contribution in [2.45, 2.75) is 22.5 Å². The number of hydrogen-bond acceptors (Lipinski definition) is 8. The Morgan fingerprint density at radius 1 is 1.18 bits per heavy atom. The molecule has 3 aromatic rings. The lowest BCUT2D eigenvalue weighted by Gasteiger charge is -2.48. The monoisotopic (exact) mass is 479 g/mol. The molecule has 2 aliphatic rings. The summed E-state index contributed by atoms with van der Waals surface area (Å²) in [6.45, 7) is 0. The van der Waals surface area contributed by atoms with Crippen LogP contribution in [0.1, 0.15) is 17.2 Å². The van der Waals surface area contributed by atoms with E-state index in [4.69, 9.17) is 10.5 Å². The van der Waals surface area contributed by atoms with Gasteiger partial charge in [-0.25, -0.2) is 4.79 Å². The van der Waals surface area contributed by atoms with Gasteiger partial charge in [-0.15, -0.1) is 16.9 Å². The van der Waals surface area contributed by atoms with E-state index in [1.54, 1.807) is 18.0 Å². The van der Waals surface area contributed by atoms with Crippen molar-refractivity contribution in [2.24, 2.45) is 5.73 Å². The third-order valence-corrected chi connectivity index (χ3v) is 7.84. The van der Waals surface area contributed by atoms with Crippen molar-refractivity contribution >= 4 is 35.4 Å². The van der Waals surface area contributed by atoms with Gasteiger partial charge in [0, 0.05) is 11.5 Å². The van der Waals surface area contributed by atoms with Crippen molar-refractivity contribution in [3.8, 4) is 0 Å². The number of amides is 1. The van der Waals surface area contributed by atoms with E-state index in [0.717, 1.165) is 16.7 Å². The molecule has 2 aromatic carbocycles. The van der Waals surface area contributed by atoms with E-state index in [-0.39, 0.29) is 11.3 Å². The van der Waals surface area contributed by atoms with E-state index in [1.807, 2.05) is 60.7 Å². The van der Waals surface area contributed by atoms with Crippen LogP contribution in [0.15, 0.2) is 83.2 Å². The molecule has 2 aliphatic heterocycles. The highest BCUT2D eigenvalue weighted by molar-refractivity contribution is 8.01. The van der Waals surface area contributed by atoms with Crippen LogP contribution in [0.25, 0.3) is 0 Å². The number of carbonyl (C=O) groups is 2. The lowest BCUT2D eigenvalue weighted by Crippen LogP contribution is -2.68. The van der Waals surface area contributed by atoms with Crippen molar-refractivity contribution in [3.05, 3.63) is 89.3 Å². The van der Waals surface area contributed by atoms with Crippen molar-refractivity contribution in [3.63, 3.8) is 0 Å². The number of β-lactam (4-membered cyclic amide) rings is 1. The van der Waals surface area contributed by atoms with Crippen LogP contribution >= 0.6 is 23.5 Å². The number of H-pyrrole nitrogens is 1. The van der Waals surface area contributed by atoms with Crippen molar-refractivity contribution < 1.29 is 14.3 Å². The Kier molecular flexibility index (Phi) is 6.21. The maximum Gasteiger partial charge on any atom is 0.356 e. The van der Waals surface area contributed by atoms with E-state index < -0.39 is 18.1 Å². The molecule has 0 spiro atoms. The van der Waals surface area contributed by atoms with Gasteiger partial charge in [0.15, 0.2) is 6.10 Å². The molecule has 5 rings (SSSR count). The van der Waals surface area contributed by atoms with Crippen LogP contribution in [0.4, 0.5) is 0 Å². The number of aromatic nitrogens is 3. The number of esters is 1. The summed E-state index contributed by atoms with van der Waals surface area (Å²) in [5, 5.41) is 10.9. The molecular weight excluding hydrogens is 458 g/mol. The van der Waals surface area contributed by atoms with Gasteiger partial charge in [-0.3, -0.25) is 9.69 Å². The van der Waals surface area contributed by atoms with Crippen molar-refractivity contribution in [1.82, 2.24) is 20.3 Å². The summed E-state index contributed by atoms with van der Waals surface area (Å²) >= 11 is 3.00. The fourth-order valence-corrected chi connectivity index (χ4v) is 6.06. The summed E-state index contributed by atoms with van der Waals surface area (Å²) < 4.78 is 6.08. The predicted molar refractivity (Wildman–Crippen MR) is 126 cm³/mol. The normalized spacial score (nSPS) is 19.9. The van der Waals surface area contributed by atoms with Gasteiger partial charge in [-0.05, 0) is 16.7 Å². The Hall–Kier alpha value is -3.08. The molecule has 1 fully saturated rings. The Morgan fingerprint density at radius 2 is 1.85 bits per heavy atom. The third-order valence-electron chi connectivity index (χ3n) is 5.50. The zero-order chi connectivity index (χ0) is 22.8. The van der Waals surface area contributed by atoms with E-state index in [1.165, 1.54) is 16.7 Å². The second-order valence-electron chi connectivity index (χ2n) is 7.59. The van der Waals surface area contributed by atoms with Gasteiger partial charge in [0.25, 0.3) is 0 Å². The van der Waals surface area contributed by atoms with Crippen LogP contribution in [0.2, 0.25) is 0 Å². The second-order valence-corrected chi connectivity index (χ2v) is 9.69. The molecule has 1 amide bonds. The Morgan fingerprint density at radius 3 is 2.45 bits per heavy atom. The molecule has 2 atom stereocenters. The Balaban J connectivity index is 1.47. The number of fused-ring (bicyclic) bond motifs is 1. The lowest BCUT2D eigenvalue weighted by molar-refractivity contribution is -0.153.